The van der Waals surface area contributed by atoms with Gasteiger partial charge >= 0.3 is 0 Å². The summed E-state index contributed by atoms with van der Waals surface area (Å²) in [4.78, 5) is 25.0. The van der Waals surface area contributed by atoms with Crippen LogP contribution in [0.3, 0.4) is 0 Å². The molecule has 0 radical (unpaired) electrons. The van der Waals surface area contributed by atoms with Gasteiger partial charge in [0.2, 0.25) is 0 Å². The summed E-state index contributed by atoms with van der Waals surface area (Å²) < 4.78 is 0. The molecule has 44 heavy (non-hydrogen) atoms. The third-order valence-electron chi connectivity index (χ3n) is 9.77. The zero-order valence-corrected chi connectivity index (χ0v) is 24.8. The van der Waals surface area contributed by atoms with E-state index in [1.807, 2.05) is 18.6 Å². The smallest absolute Gasteiger partial charge is 0.178 e. The first-order valence-corrected chi connectivity index (χ1v) is 15.4. The van der Waals surface area contributed by atoms with Crippen LogP contribution in [0.4, 0.5) is 40.2 Å². The number of allylic oxidation sites excluding steroid dienone is 1. The van der Waals surface area contributed by atoms with Crippen LogP contribution < -0.4 is 19.6 Å². The van der Waals surface area contributed by atoms with Gasteiger partial charge in [-0.05, 0) is 67.8 Å². The average molecular weight is 576 g/mol. The molecule has 0 bridgehead atoms. The molecule has 7 nitrogen and oxygen atoms in total. The number of benzene rings is 3. The number of anilines is 7. The van der Waals surface area contributed by atoms with Crippen molar-refractivity contribution in [2.24, 2.45) is 5.92 Å². The average Bonchev–Trinajstić information content (AvgIpc) is 3.58. The van der Waals surface area contributed by atoms with E-state index in [0.29, 0.717) is 0 Å². The van der Waals surface area contributed by atoms with Gasteiger partial charge in [0.15, 0.2) is 17.5 Å². The first kappa shape index (κ1) is 25.3. The van der Waals surface area contributed by atoms with Crippen LogP contribution in [-0.2, 0) is 6.42 Å². The summed E-state index contributed by atoms with van der Waals surface area (Å²) in [6.45, 7) is 9.46. The van der Waals surface area contributed by atoms with Gasteiger partial charge in [0.05, 0.1) is 5.69 Å². The zero-order chi connectivity index (χ0) is 29.5. The normalized spacial score (nSPS) is 22.8. The number of fused-ring (bicyclic) bond motifs is 14. The van der Waals surface area contributed by atoms with Crippen molar-refractivity contribution < 1.29 is 0 Å². The van der Waals surface area contributed by atoms with Gasteiger partial charge in [-0.1, -0.05) is 66.7 Å². The van der Waals surface area contributed by atoms with Crippen LogP contribution in [0.1, 0.15) is 30.9 Å². The van der Waals surface area contributed by atoms with E-state index in [-0.39, 0.29) is 30.2 Å². The van der Waals surface area contributed by atoms with E-state index in [4.69, 9.17) is 21.5 Å². The van der Waals surface area contributed by atoms with E-state index in [2.05, 4.69) is 124 Å². The highest BCUT2D eigenvalue weighted by atomic mass is 15.5. The number of para-hydroxylation sites is 3. The van der Waals surface area contributed by atoms with E-state index in [0.717, 1.165) is 35.2 Å². The largest absolute Gasteiger partial charge is 0.345 e. The summed E-state index contributed by atoms with van der Waals surface area (Å²) in [5, 5.41) is 0. The Balaban J connectivity index is 1.39. The predicted molar refractivity (Wildman–Crippen MR) is 176 cm³/mol. The molecule has 7 heteroatoms. The van der Waals surface area contributed by atoms with Crippen molar-refractivity contribution in [3.05, 3.63) is 133 Å². The molecule has 2 aromatic heterocycles. The van der Waals surface area contributed by atoms with E-state index in [1.54, 1.807) is 0 Å². The third-order valence-corrected chi connectivity index (χ3v) is 9.77. The number of hydrogen-bond donors (Lipinski definition) is 0. The molecule has 0 N–H and O–H groups in total. The molecule has 0 aliphatic carbocycles. The molecule has 4 aliphatic rings. The monoisotopic (exact) mass is 575 g/mol. The summed E-state index contributed by atoms with van der Waals surface area (Å²) in [6, 6.07) is 32.9. The summed E-state index contributed by atoms with van der Waals surface area (Å²) in [6.07, 6.45) is 6.18. The van der Waals surface area contributed by atoms with E-state index >= 15 is 0 Å². The topological polar surface area (TPSA) is 51.6 Å². The fraction of sp³-hybridized carbons (Fsp3) is 0.216. The van der Waals surface area contributed by atoms with Crippen LogP contribution in [0.5, 0.6) is 0 Å². The molecule has 0 amide bonds. The van der Waals surface area contributed by atoms with Crippen LogP contribution in [0, 0.1) is 5.92 Å². The van der Waals surface area contributed by atoms with Crippen LogP contribution >= 0.6 is 0 Å². The van der Waals surface area contributed by atoms with Crippen molar-refractivity contribution >= 4 is 40.2 Å². The van der Waals surface area contributed by atoms with Crippen molar-refractivity contribution in [2.45, 2.75) is 44.6 Å². The second kappa shape index (κ2) is 9.41. The van der Waals surface area contributed by atoms with Gasteiger partial charge < -0.3 is 19.6 Å². The lowest BCUT2D eigenvalue weighted by Gasteiger charge is -2.53. The fourth-order valence-electron chi connectivity index (χ4n) is 8.28. The summed E-state index contributed by atoms with van der Waals surface area (Å²) >= 11 is 0. The van der Waals surface area contributed by atoms with Crippen LogP contribution in [-0.4, -0.2) is 33.3 Å². The molecule has 4 aliphatic heterocycles. The highest BCUT2D eigenvalue weighted by Crippen LogP contribution is 2.61. The SMILES string of the molecule is C=C1Cc2ccccc2N2c3nccnc3N(c3ccccc3)C2C2C1c1ccccc1N1c3ncccc3N(C(C)C)C21. The summed E-state index contributed by atoms with van der Waals surface area (Å²) in [7, 11) is 0. The quantitative estimate of drug-likeness (QED) is 0.200. The molecule has 0 fully saturated rings. The lowest BCUT2D eigenvalue weighted by Crippen LogP contribution is -2.62. The Labute approximate surface area is 257 Å². The van der Waals surface area contributed by atoms with Gasteiger partial charge in [0.1, 0.15) is 12.3 Å². The Bertz CT molecular complexity index is 1920. The minimum atomic E-state index is -0.144. The van der Waals surface area contributed by atoms with Gasteiger partial charge in [0, 0.05) is 53.5 Å². The number of hydrogen-bond acceptors (Lipinski definition) is 7. The van der Waals surface area contributed by atoms with Gasteiger partial charge in [-0.2, -0.15) is 0 Å². The van der Waals surface area contributed by atoms with Crippen LogP contribution in [0.2, 0.25) is 0 Å². The molecule has 5 aromatic rings. The lowest BCUT2D eigenvalue weighted by molar-refractivity contribution is 0.289. The van der Waals surface area contributed by atoms with Crippen LogP contribution in [0.25, 0.3) is 0 Å². The zero-order valence-electron chi connectivity index (χ0n) is 24.8. The second-order valence-corrected chi connectivity index (χ2v) is 12.4. The summed E-state index contributed by atoms with van der Waals surface area (Å²) in [5.41, 5.74) is 8.41. The van der Waals surface area contributed by atoms with E-state index in [9.17, 15) is 0 Å². The molecule has 9 rings (SSSR count). The maximum absolute atomic E-state index is 5.03. The van der Waals surface area contributed by atoms with Crippen molar-refractivity contribution in [2.75, 3.05) is 19.6 Å². The highest BCUT2D eigenvalue weighted by molar-refractivity contribution is 5.88. The van der Waals surface area contributed by atoms with Crippen molar-refractivity contribution in [3.63, 3.8) is 0 Å². The Morgan fingerprint density at radius 2 is 1.27 bits per heavy atom. The minimum absolute atomic E-state index is 0.0187. The van der Waals surface area contributed by atoms with Gasteiger partial charge in [-0.3, -0.25) is 0 Å². The molecule has 0 spiro atoms. The standard InChI is InChI=1S/C37H33N7/c1-23(2)41-30-18-11-19-38-33(30)44-29-17-10-8-15-27(29)31-24(3)22-25-12-7-9-16-28(25)43-35-34(39-20-21-40-35)42(26-13-5-4-6-14-26)37(43)32(31)36(41)44/h4-21,23,31-32,36-37H,3,22H2,1-2H3. The van der Waals surface area contributed by atoms with E-state index < -0.39 is 0 Å². The van der Waals surface area contributed by atoms with Crippen LogP contribution in [0.15, 0.2) is 122 Å². The molecule has 4 atom stereocenters. The molecule has 0 saturated carbocycles. The first-order chi connectivity index (χ1) is 21.6. The Kier molecular flexibility index (Phi) is 5.42. The highest BCUT2D eigenvalue weighted by Gasteiger charge is 2.59. The maximum Gasteiger partial charge on any atom is 0.178 e. The Morgan fingerprint density at radius 1 is 0.636 bits per heavy atom. The lowest BCUT2D eigenvalue weighted by atomic mass is 9.70. The van der Waals surface area contributed by atoms with E-state index in [1.165, 1.54) is 28.1 Å². The van der Waals surface area contributed by atoms with Crippen molar-refractivity contribution in [1.29, 1.82) is 0 Å². The molecule has 6 heterocycles. The number of nitrogens with zero attached hydrogens (tertiary/aromatic N) is 7. The molecule has 4 unspecified atom stereocenters. The van der Waals surface area contributed by atoms with Gasteiger partial charge in [-0.25, -0.2) is 15.0 Å². The third kappa shape index (κ3) is 3.35. The maximum atomic E-state index is 5.03. The van der Waals surface area contributed by atoms with Crippen molar-refractivity contribution in [3.8, 4) is 0 Å². The predicted octanol–water partition coefficient (Wildman–Crippen LogP) is 7.71. The van der Waals surface area contributed by atoms with Gasteiger partial charge in [0.25, 0.3) is 0 Å². The number of pyridine rings is 1. The van der Waals surface area contributed by atoms with Crippen molar-refractivity contribution in [1.82, 2.24) is 15.0 Å². The minimum Gasteiger partial charge on any atom is -0.345 e. The number of aromatic nitrogens is 3. The first-order valence-electron chi connectivity index (χ1n) is 15.4. The van der Waals surface area contributed by atoms with Gasteiger partial charge in [-0.15, -0.1) is 0 Å². The molecule has 3 aromatic carbocycles. The summed E-state index contributed by atoms with van der Waals surface area (Å²) in [5.74, 6) is 2.88. The molecular formula is C37H33N7. The number of rotatable bonds is 2. The Morgan fingerprint density at radius 3 is 2.07 bits per heavy atom. The second-order valence-electron chi connectivity index (χ2n) is 12.4. The Hall–Kier alpha value is -5.17. The fourth-order valence-corrected chi connectivity index (χ4v) is 8.28. The molecular weight excluding hydrogens is 542 g/mol. The molecule has 216 valence electrons. The molecule has 0 saturated heterocycles.